The zero-order valence-electron chi connectivity index (χ0n) is 13.6. The number of nitrogens with zero attached hydrogens (tertiary/aromatic N) is 1. The second-order valence-corrected chi connectivity index (χ2v) is 6.63. The van der Waals surface area contributed by atoms with Crippen molar-refractivity contribution in [2.24, 2.45) is 5.92 Å². The Balaban J connectivity index is 1.79. The molecule has 1 atom stereocenters. The van der Waals surface area contributed by atoms with Crippen molar-refractivity contribution in [1.29, 1.82) is 0 Å². The molecule has 0 saturated heterocycles. The van der Waals surface area contributed by atoms with Crippen molar-refractivity contribution in [3.05, 3.63) is 29.3 Å². The zero-order valence-corrected chi connectivity index (χ0v) is 13.6. The number of fused-ring (bicyclic) bond motifs is 1. The third-order valence-corrected chi connectivity index (χ3v) is 5.21. The van der Waals surface area contributed by atoms with E-state index in [0.29, 0.717) is 12.8 Å². The summed E-state index contributed by atoms with van der Waals surface area (Å²) in [5.41, 5.74) is 1.79. The molecule has 1 aromatic rings. The molecule has 2 aliphatic rings. The fraction of sp³-hybridized carbons (Fsp3) is 0.556. The predicted octanol–water partition coefficient (Wildman–Crippen LogP) is 2.73. The Morgan fingerprint density at radius 3 is 2.57 bits per heavy atom. The number of carboxylic acid groups (broad SMARTS) is 1. The molecule has 0 radical (unpaired) electrons. The first-order valence-electron chi connectivity index (χ1n) is 8.23. The first-order valence-corrected chi connectivity index (χ1v) is 8.23. The Labute approximate surface area is 136 Å². The van der Waals surface area contributed by atoms with Gasteiger partial charge in [-0.2, -0.15) is 0 Å². The largest absolute Gasteiger partial charge is 0.497 e. The van der Waals surface area contributed by atoms with Crippen LogP contribution in [0.1, 0.15) is 48.5 Å². The van der Waals surface area contributed by atoms with E-state index in [1.165, 1.54) is 0 Å². The van der Waals surface area contributed by atoms with Crippen LogP contribution >= 0.6 is 0 Å². The van der Waals surface area contributed by atoms with E-state index in [1.54, 1.807) is 7.11 Å². The minimum atomic E-state index is -0.709. The van der Waals surface area contributed by atoms with Gasteiger partial charge in [0.25, 0.3) is 5.91 Å². The fourth-order valence-corrected chi connectivity index (χ4v) is 3.96. The maximum absolute atomic E-state index is 12.9. The molecule has 1 aliphatic heterocycles. The molecule has 3 rings (SSSR count). The molecule has 0 aromatic heterocycles. The molecule has 1 aromatic carbocycles. The normalized spacial score (nSPS) is 27.5. The maximum atomic E-state index is 12.9. The van der Waals surface area contributed by atoms with E-state index < -0.39 is 5.97 Å². The second kappa shape index (κ2) is 6.22. The Kier molecular flexibility index (Phi) is 4.28. The number of carbonyl (C=O) groups is 2. The number of benzene rings is 1. The van der Waals surface area contributed by atoms with Crippen LogP contribution in [0.4, 0.5) is 0 Å². The van der Waals surface area contributed by atoms with Gasteiger partial charge in [-0.3, -0.25) is 9.59 Å². The van der Waals surface area contributed by atoms with E-state index in [4.69, 9.17) is 9.84 Å². The van der Waals surface area contributed by atoms with Gasteiger partial charge in [-0.1, -0.05) is 0 Å². The lowest BCUT2D eigenvalue weighted by atomic mass is 9.83. The van der Waals surface area contributed by atoms with E-state index >= 15 is 0 Å². The summed E-state index contributed by atoms with van der Waals surface area (Å²) < 4.78 is 5.25. The zero-order chi connectivity index (χ0) is 16.6. The molecule has 1 saturated carbocycles. The second-order valence-electron chi connectivity index (χ2n) is 6.63. The highest BCUT2D eigenvalue weighted by molar-refractivity contribution is 5.97. The van der Waals surface area contributed by atoms with Crippen LogP contribution < -0.4 is 4.74 Å². The lowest BCUT2D eigenvalue weighted by Gasteiger charge is -2.42. The van der Waals surface area contributed by atoms with Gasteiger partial charge in [-0.25, -0.2) is 0 Å². The monoisotopic (exact) mass is 317 g/mol. The number of hydrogen-bond acceptors (Lipinski definition) is 3. The van der Waals surface area contributed by atoms with Gasteiger partial charge in [0.05, 0.1) is 13.0 Å². The first kappa shape index (κ1) is 15.8. The first-order chi connectivity index (χ1) is 11.0. The number of methoxy groups -OCH3 is 1. The van der Waals surface area contributed by atoms with Gasteiger partial charge >= 0.3 is 5.97 Å². The Bertz CT molecular complexity index is 619. The molecule has 1 unspecified atom stereocenters. The van der Waals surface area contributed by atoms with Gasteiger partial charge < -0.3 is 14.7 Å². The molecule has 5 heteroatoms. The van der Waals surface area contributed by atoms with Crippen molar-refractivity contribution in [3.8, 4) is 5.75 Å². The molecule has 1 N–H and O–H groups in total. The van der Waals surface area contributed by atoms with Crippen LogP contribution in [-0.2, 0) is 11.2 Å². The lowest BCUT2D eigenvalue weighted by Crippen LogP contribution is -2.51. The van der Waals surface area contributed by atoms with Crippen LogP contribution in [0.15, 0.2) is 18.2 Å². The number of carbonyl (C=O) groups excluding carboxylic acids is 1. The maximum Gasteiger partial charge on any atom is 0.306 e. The molecular weight excluding hydrogens is 294 g/mol. The Morgan fingerprint density at radius 2 is 1.96 bits per heavy atom. The van der Waals surface area contributed by atoms with Gasteiger partial charge in [0.1, 0.15) is 5.75 Å². The molecule has 1 fully saturated rings. The highest BCUT2D eigenvalue weighted by Gasteiger charge is 2.37. The smallest absolute Gasteiger partial charge is 0.306 e. The van der Waals surface area contributed by atoms with Crippen LogP contribution in [0.2, 0.25) is 0 Å². The van der Waals surface area contributed by atoms with Crippen molar-refractivity contribution in [3.63, 3.8) is 0 Å². The van der Waals surface area contributed by atoms with E-state index in [0.717, 1.165) is 36.1 Å². The van der Waals surface area contributed by atoms with Crippen molar-refractivity contribution in [1.82, 2.24) is 4.90 Å². The summed E-state index contributed by atoms with van der Waals surface area (Å²) in [7, 11) is 1.63. The van der Waals surface area contributed by atoms with Crippen LogP contribution in [-0.4, -0.2) is 41.1 Å². The molecular formula is C18H23NO4. The van der Waals surface area contributed by atoms with Gasteiger partial charge in [0.15, 0.2) is 0 Å². The van der Waals surface area contributed by atoms with E-state index in [9.17, 15) is 9.59 Å². The summed E-state index contributed by atoms with van der Waals surface area (Å²) in [5, 5.41) is 9.13. The van der Waals surface area contributed by atoms with Crippen LogP contribution in [0, 0.1) is 5.92 Å². The van der Waals surface area contributed by atoms with Crippen LogP contribution in [0.25, 0.3) is 0 Å². The van der Waals surface area contributed by atoms with E-state index in [2.05, 4.69) is 6.92 Å². The number of ether oxygens (including phenoxy) is 1. The number of rotatable bonds is 3. The SMILES string of the molecule is COc1ccc2c(c1)CC(C)N([C@H]1CC[C@H](C(=O)O)CC1)C2=O. The third kappa shape index (κ3) is 2.92. The van der Waals surface area contributed by atoms with E-state index in [-0.39, 0.29) is 23.9 Å². The van der Waals surface area contributed by atoms with Crippen LogP contribution in [0.3, 0.4) is 0 Å². The average molecular weight is 317 g/mol. The number of hydrogen-bond donors (Lipinski definition) is 1. The summed E-state index contributed by atoms with van der Waals surface area (Å²) in [6.45, 7) is 2.07. The molecule has 0 bridgehead atoms. The minimum Gasteiger partial charge on any atom is -0.497 e. The molecule has 5 nitrogen and oxygen atoms in total. The topological polar surface area (TPSA) is 66.8 Å². The summed E-state index contributed by atoms with van der Waals surface area (Å²) >= 11 is 0. The number of amides is 1. The van der Waals surface area contributed by atoms with Crippen LogP contribution in [0.5, 0.6) is 5.75 Å². The summed E-state index contributed by atoms with van der Waals surface area (Å²) in [6.07, 6.45) is 3.69. The van der Waals surface area contributed by atoms with Crippen molar-refractivity contribution >= 4 is 11.9 Å². The molecule has 23 heavy (non-hydrogen) atoms. The summed E-state index contributed by atoms with van der Waals surface area (Å²) in [4.78, 5) is 26.0. The van der Waals surface area contributed by atoms with Crippen molar-refractivity contribution in [2.75, 3.05) is 7.11 Å². The molecule has 1 amide bonds. The van der Waals surface area contributed by atoms with Gasteiger partial charge in [0, 0.05) is 17.6 Å². The predicted molar refractivity (Wildman–Crippen MR) is 85.7 cm³/mol. The fourth-order valence-electron chi connectivity index (χ4n) is 3.96. The number of aliphatic carboxylic acids is 1. The quantitative estimate of drug-likeness (QED) is 0.931. The third-order valence-electron chi connectivity index (χ3n) is 5.21. The van der Waals surface area contributed by atoms with E-state index in [1.807, 2.05) is 23.1 Å². The molecule has 124 valence electrons. The summed E-state index contributed by atoms with van der Waals surface area (Å²) in [6, 6.07) is 5.91. The minimum absolute atomic E-state index is 0.0696. The Morgan fingerprint density at radius 1 is 1.26 bits per heavy atom. The molecule has 0 spiro atoms. The standard InChI is InChI=1S/C18H23NO4/c1-11-9-13-10-15(23-2)7-8-16(13)17(20)19(11)14-5-3-12(4-6-14)18(21)22/h7-8,10-12,14H,3-6,9H2,1-2H3,(H,21,22)/t11?,12-,14-. The van der Waals surface area contributed by atoms with Gasteiger partial charge in [-0.05, 0) is 62.8 Å². The number of carboxylic acids is 1. The Hall–Kier alpha value is -2.04. The molecule has 1 aliphatic carbocycles. The van der Waals surface area contributed by atoms with Crippen molar-refractivity contribution in [2.45, 2.75) is 51.1 Å². The van der Waals surface area contributed by atoms with Crippen molar-refractivity contribution < 1.29 is 19.4 Å². The highest BCUT2D eigenvalue weighted by atomic mass is 16.5. The average Bonchev–Trinajstić information content (AvgIpc) is 2.54. The lowest BCUT2D eigenvalue weighted by molar-refractivity contribution is -0.143. The molecule has 1 heterocycles. The highest BCUT2D eigenvalue weighted by Crippen LogP contribution is 2.34. The summed E-state index contributed by atoms with van der Waals surface area (Å²) in [5.74, 6) is -0.115. The van der Waals surface area contributed by atoms with Gasteiger partial charge in [-0.15, -0.1) is 0 Å². The van der Waals surface area contributed by atoms with Gasteiger partial charge in [0.2, 0.25) is 0 Å².